The number of carbonyl (C=O) groups is 1. The van der Waals surface area contributed by atoms with E-state index in [9.17, 15) is 4.79 Å². The minimum absolute atomic E-state index is 0.0490. The Balaban J connectivity index is 2.50. The van der Waals surface area contributed by atoms with Crippen LogP contribution in [0, 0.1) is 5.92 Å². The number of aliphatic carboxylic acids is 1. The first-order valence-corrected chi connectivity index (χ1v) is 5.07. The maximum absolute atomic E-state index is 10.6. The maximum Gasteiger partial charge on any atom is 0.308 e. The molecule has 13 heavy (non-hydrogen) atoms. The number of nitrogens with one attached hydrogen (secondary N) is 1. The Bertz CT molecular complexity index is 271. The highest BCUT2D eigenvalue weighted by Gasteiger charge is 2.18. The fraction of sp³-hybridized carbons (Fsp3) is 0.444. The van der Waals surface area contributed by atoms with Gasteiger partial charge in [-0.2, -0.15) is 11.3 Å². The van der Waals surface area contributed by atoms with Crippen LogP contribution in [0.1, 0.15) is 13.8 Å². The summed E-state index contributed by atoms with van der Waals surface area (Å²) in [5, 5.41) is 15.8. The molecule has 1 aromatic heterocycles. The Morgan fingerprint density at radius 3 is 2.77 bits per heavy atom. The molecule has 1 heterocycles. The van der Waals surface area contributed by atoms with E-state index in [1.165, 1.54) is 0 Å². The van der Waals surface area contributed by atoms with Crippen molar-refractivity contribution in [3.63, 3.8) is 0 Å². The third-order valence-electron chi connectivity index (χ3n) is 2.06. The van der Waals surface area contributed by atoms with Gasteiger partial charge in [-0.15, -0.1) is 0 Å². The highest BCUT2D eigenvalue weighted by molar-refractivity contribution is 7.08. The highest BCUT2D eigenvalue weighted by Crippen LogP contribution is 2.15. The van der Waals surface area contributed by atoms with Gasteiger partial charge in [0.1, 0.15) is 0 Å². The minimum atomic E-state index is -0.768. The molecule has 0 saturated carbocycles. The first-order chi connectivity index (χ1) is 6.11. The topological polar surface area (TPSA) is 49.3 Å². The molecular weight excluding hydrogens is 186 g/mol. The van der Waals surface area contributed by atoms with E-state index in [4.69, 9.17) is 5.11 Å². The number of anilines is 1. The van der Waals surface area contributed by atoms with Crippen molar-refractivity contribution in [1.29, 1.82) is 0 Å². The summed E-state index contributed by atoms with van der Waals surface area (Å²) in [5.74, 6) is -1.14. The molecule has 2 N–H and O–H groups in total. The van der Waals surface area contributed by atoms with Crippen LogP contribution < -0.4 is 5.32 Å². The van der Waals surface area contributed by atoms with Gasteiger partial charge in [-0.05, 0) is 25.3 Å². The van der Waals surface area contributed by atoms with E-state index in [1.807, 2.05) is 23.8 Å². The lowest BCUT2D eigenvalue weighted by atomic mass is 10.0. The molecule has 0 aliphatic carbocycles. The molecule has 0 bridgehead atoms. The maximum atomic E-state index is 10.6. The molecule has 1 rings (SSSR count). The third-order valence-corrected chi connectivity index (χ3v) is 2.74. The second kappa shape index (κ2) is 4.28. The van der Waals surface area contributed by atoms with E-state index < -0.39 is 5.97 Å². The Labute approximate surface area is 81.4 Å². The molecular formula is C9H13NO2S. The van der Waals surface area contributed by atoms with Gasteiger partial charge in [0.15, 0.2) is 0 Å². The molecule has 0 radical (unpaired) electrons. The fourth-order valence-electron chi connectivity index (χ4n) is 0.948. The van der Waals surface area contributed by atoms with Crippen molar-refractivity contribution in [1.82, 2.24) is 0 Å². The van der Waals surface area contributed by atoms with Gasteiger partial charge in [-0.1, -0.05) is 0 Å². The summed E-state index contributed by atoms with van der Waals surface area (Å²) in [7, 11) is 0. The summed E-state index contributed by atoms with van der Waals surface area (Å²) >= 11 is 1.59. The van der Waals surface area contributed by atoms with Crippen LogP contribution in [-0.4, -0.2) is 17.1 Å². The van der Waals surface area contributed by atoms with Crippen molar-refractivity contribution in [2.24, 2.45) is 5.92 Å². The lowest BCUT2D eigenvalue weighted by Crippen LogP contribution is -2.29. The zero-order valence-corrected chi connectivity index (χ0v) is 8.47. The van der Waals surface area contributed by atoms with E-state index in [2.05, 4.69) is 5.32 Å². The van der Waals surface area contributed by atoms with Crippen molar-refractivity contribution in [2.75, 3.05) is 5.32 Å². The fourth-order valence-corrected chi connectivity index (χ4v) is 1.55. The summed E-state index contributed by atoms with van der Waals surface area (Å²) < 4.78 is 0. The number of carboxylic acid groups (broad SMARTS) is 1. The van der Waals surface area contributed by atoms with Gasteiger partial charge in [0, 0.05) is 17.1 Å². The van der Waals surface area contributed by atoms with Crippen LogP contribution >= 0.6 is 11.3 Å². The molecule has 0 aromatic carbocycles. The summed E-state index contributed by atoms with van der Waals surface area (Å²) in [4.78, 5) is 10.6. The van der Waals surface area contributed by atoms with Gasteiger partial charge < -0.3 is 10.4 Å². The minimum Gasteiger partial charge on any atom is -0.481 e. The summed E-state index contributed by atoms with van der Waals surface area (Å²) in [6.45, 7) is 3.57. The normalized spacial score (nSPS) is 14.9. The van der Waals surface area contributed by atoms with Crippen LogP contribution in [0.15, 0.2) is 16.8 Å². The molecule has 0 saturated heterocycles. The molecule has 1 aromatic rings. The van der Waals surface area contributed by atoms with Gasteiger partial charge >= 0.3 is 5.97 Å². The number of hydrogen-bond acceptors (Lipinski definition) is 3. The molecule has 0 aliphatic heterocycles. The highest BCUT2D eigenvalue weighted by atomic mass is 32.1. The van der Waals surface area contributed by atoms with Crippen LogP contribution in [0.3, 0.4) is 0 Å². The Morgan fingerprint density at radius 1 is 1.62 bits per heavy atom. The van der Waals surface area contributed by atoms with Crippen molar-refractivity contribution in [2.45, 2.75) is 19.9 Å². The number of carboxylic acids is 1. The predicted molar refractivity (Wildman–Crippen MR) is 54.2 cm³/mol. The van der Waals surface area contributed by atoms with Crippen LogP contribution in [0.4, 0.5) is 5.69 Å². The molecule has 0 aliphatic rings. The lowest BCUT2D eigenvalue weighted by Gasteiger charge is -2.17. The van der Waals surface area contributed by atoms with Gasteiger partial charge in [-0.25, -0.2) is 0 Å². The predicted octanol–water partition coefficient (Wildman–Crippen LogP) is 2.27. The Hall–Kier alpha value is -1.03. The van der Waals surface area contributed by atoms with Crippen molar-refractivity contribution in [3.05, 3.63) is 16.8 Å². The van der Waals surface area contributed by atoms with E-state index in [0.29, 0.717) is 0 Å². The molecule has 0 fully saturated rings. The van der Waals surface area contributed by atoms with E-state index in [0.717, 1.165) is 5.69 Å². The monoisotopic (exact) mass is 199 g/mol. The Morgan fingerprint density at radius 2 is 2.31 bits per heavy atom. The summed E-state index contributed by atoms with van der Waals surface area (Å²) in [5.41, 5.74) is 0.991. The largest absolute Gasteiger partial charge is 0.481 e. The molecule has 2 unspecified atom stereocenters. The summed E-state index contributed by atoms with van der Waals surface area (Å²) in [6.07, 6.45) is 0. The van der Waals surface area contributed by atoms with Gasteiger partial charge in [0.05, 0.1) is 5.92 Å². The smallest absolute Gasteiger partial charge is 0.308 e. The number of thiophene rings is 1. The second-order valence-electron chi connectivity index (χ2n) is 3.07. The van der Waals surface area contributed by atoms with Crippen LogP contribution in [-0.2, 0) is 4.79 Å². The van der Waals surface area contributed by atoms with Crippen molar-refractivity contribution < 1.29 is 9.90 Å². The zero-order chi connectivity index (χ0) is 9.84. The summed E-state index contributed by atoms with van der Waals surface area (Å²) in [6, 6.07) is 1.89. The average molecular weight is 199 g/mol. The van der Waals surface area contributed by atoms with E-state index in [1.54, 1.807) is 18.3 Å². The van der Waals surface area contributed by atoms with Crippen molar-refractivity contribution in [3.8, 4) is 0 Å². The Kier molecular flexibility index (Phi) is 3.31. The number of hydrogen-bond donors (Lipinski definition) is 2. The SMILES string of the molecule is CC(Nc1ccsc1)C(C)C(=O)O. The van der Waals surface area contributed by atoms with Crippen LogP contribution in [0.25, 0.3) is 0 Å². The van der Waals surface area contributed by atoms with Gasteiger partial charge in [-0.3, -0.25) is 4.79 Å². The molecule has 0 spiro atoms. The molecule has 3 nitrogen and oxygen atoms in total. The van der Waals surface area contributed by atoms with Gasteiger partial charge in [0.2, 0.25) is 0 Å². The van der Waals surface area contributed by atoms with Crippen LogP contribution in [0.2, 0.25) is 0 Å². The van der Waals surface area contributed by atoms with Crippen molar-refractivity contribution >= 4 is 23.0 Å². The standard InChI is InChI=1S/C9H13NO2S/c1-6(9(11)12)7(2)10-8-3-4-13-5-8/h3-7,10H,1-2H3,(H,11,12). The van der Waals surface area contributed by atoms with E-state index >= 15 is 0 Å². The van der Waals surface area contributed by atoms with E-state index in [-0.39, 0.29) is 12.0 Å². The first kappa shape index (κ1) is 10.1. The molecule has 72 valence electrons. The van der Waals surface area contributed by atoms with Gasteiger partial charge in [0.25, 0.3) is 0 Å². The molecule has 4 heteroatoms. The quantitative estimate of drug-likeness (QED) is 0.782. The second-order valence-corrected chi connectivity index (χ2v) is 3.85. The molecule has 2 atom stereocenters. The average Bonchev–Trinajstić information content (AvgIpc) is 2.55. The first-order valence-electron chi connectivity index (χ1n) is 4.13. The molecule has 0 amide bonds. The lowest BCUT2D eigenvalue weighted by molar-refractivity contribution is -0.141. The van der Waals surface area contributed by atoms with Crippen LogP contribution in [0.5, 0.6) is 0 Å². The number of rotatable bonds is 4. The zero-order valence-electron chi connectivity index (χ0n) is 7.65. The third kappa shape index (κ3) is 2.73.